The second-order valence-corrected chi connectivity index (χ2v) is 7.67. The van der Waals surface area contributed by atoms with Crippen molar-refractivity contribution in [2.24, 2.45) is 7.05 Å². The zero-order chi connectivity index (χ0) is 20.7. The van der Waals surface area contributed by atoms with E-state index in [1.807, 2.05) is 53.1 Å². The summed E-state index contributed by atoms with van der Waals surface area (Å²) in [5, 5.41) is 9.11. The summed E-state index contributed by atoms with van der Waals surface area (Å²) in [7, 11) is 1.99. The van der Waals surface area contributed by atoms with Gasteiger partial charge >= 0.3 is 5.97 Å². The van der Waals surface area contributed by atoms with E-state index in [-0.39, 0.29) is 5.97 Å². The fraction of sp³-hybridized carbons (Fsp3) is 0.261. The van der Waals surface area contributed by atoms with Crippen LogP contribution in [0.1, 0.15) is 32.6 Å². The number of rotatable bonds is 6. The van der Waals surface area contributed by atoms with E-state index in [0.29, 0.717) is 12.2 Å². The molecule has 1 aliphatic heterocycles. The number of nitrogens with one attached hydrogen (secondary N) is 1. The molecule has 0 amide bonds. The summed E-state index contributed by atoms with van der Waals surface area (Å²) in [5.41, 5.74) is 7.25. The lowest BCUT2D eigenvalue weighted by atomic mass is 9.97. The van der Waals surface area contributed by atoms with E-state index in [1.54, 1.807) is 0 Å². The SMILES string of the molecule is Cc1c(CCNCc2cnn(-c3ccnc4c3ccn4C)c2)ccc2c1COC2=O. The van der Waals surface area contributed by atoms with Crippen molar-refractivity contribution in [3.63, 3.8) is 0 Å². The molecule has 0 saturated heterocycles. The van der Waals surface area contributed by atoms with Gasteiger partial charge in [-0.05, 0) is 49.2 Å². The number of nitrogens with zero attached hydrogens (tertiary/aromatic N) is 4. The molecule has 0 spiro atoms. The highest BCUT2D eigenvalue weighted by Crippen LogP contribution is 2.26. The summed E-state index contributed by atoms with van der Waals surface area (Å²) in [5.74, 6) is -0.211. The predicted molar refractivity (Wildman–Crippen MR) is 114 cm³/mol. The summed E-state index contributed by atoms with van der Waals surface area (Å²) < 4.78 is 9.05. The third kappa shape index (κ3) is 3.17. The lowest BCUT2D eigenvalue weighted by Gasteiger charge is -2.09. The van der Waals surface area contributed by atoms with Gasteiger partial charge in [-0.1, -0.05) is 6.07 Å². The van der Waals surface area contributed by atoms with Crippen molar-refractivity contribution in [1.29, 1.82) is 0 Å². The van der Waals surface area contributed by atoms with Gasteiger partial charge in [-0.2, -0.15) is 5.10 Å². The van der Waals surface area contributed by atoms with Gasteiger partial charge in [-0.25, -0.2) is 14.5 Å². The maximum Gasteiger partial charge on any atom is 0.338 e. The van der Waals surface area contributed by atoms with Gasteiger partial charge in [0, 0.05) is 48.7 Å². The number of aryl methyl sites for hydroxylation is 1. The van der Waals surface area contributed by atoms with E-state index in [1.165, 1.54) is 5.56 Å². The highest BCUT2D eigenvalue weighted by atomic mass is 16.5. The molecule has 0 unspecified atom stereocenters. The number of hydrogen-bond donors (Lipinski definition) is 1. The highest BCUT2D eigenvalue weighted by Gasteiger charge is 2.23. The lowest BCUT2D eigenvalue weighted by molar-refractivity contribution is 0.0535. The van der Waals surface area contributed by atoms with E-state index in [4.69, 9.17) is 4.74 Å². The van der Waals surface area contributed by atoms with Crippen LogP contribution in [0.4, 0.5) is 0 Å². The normalized spacial score (nSPS) is 13.1. The van der Waals surface area contributed by atoms with Crippen LogP contribution in [0.2, 0.25) is 0 Å². The summed E-state index contributed by atoms with van der Waals surface area (Å²) in [4.78, 5) is 16.1. The number of cyclic esters (lactones) is 1. The van der Waals surface area contributed by atoms with Gasteiger partial charge in [0.05, 0.1) is 17.4 Å². The molecule has 4 aromatic rings. The molecule has 0 radical (unpaired) electrons. The van der Waals surface area contributed by atoms with Crippen molar-refractivity contribution in [3.05, 3.63) is 76.9 Å². The number of carbonyl (C=O) groups excluding carboxylic acids is 1. The molecule has 4 heterocycles. The average molecular weight is 401 g/mol. The molecule has 7 heteroatoms. The molecule has 1 aromatic carbocycles. The second-order valence-electron chi connectivity index (χ2n) is 7.67. The molecule has 1 aliphatic rings. The van der Waals surface area contributed by atoms with Crippen LogP contribution >= 0.6 is 0 Å². The standard InChI is InChI=1S/C23H23N5O2/c1-15-17(3-4-18-20(15)14-30-23(18)29)5-8-24-11-16-12-26-28(13-16)21-6-9-25-22-19(21)7-10-27(22)2/h3-4,6-7,9-10,12-13,24H,5,8,11,14H2,1-2H3. The molecule has 0 atom stereocenters. The van der Waals surface area contributed by atoms with E-state index in [2.05, 4.69) is 34.6 Å². The Balaban J connectivity index is 1.22. The number of esters is 1. The summed E-state index contributed by atoms with van der Waals surface area (Å²) in [6, 6.07) is 7.97. The van der Waals surface area contributed by atoms with E-state index in [0.717, 1.165) is 52.9 Å². The molecule has 30 heavy (non-hydrogen) atoms. The number of benzene rings is 1. The Hall–Kier alpha value is -3.45. The van der Waals surface area contributed by atoms with Gasteiger partial charge in [-0.3, -0.25) is 0 Å². The molecule has 1 N–H and O–H groups in total. The quantitative estimate of drug-likeness (QED) is 0.397. The van der Waals surface area contributed by atoms with Gasteiger partial charge in [0.15, 0.2) is 0 Å². The molecule has 0 fully saturated rings. The summed E-state index contributed by atoms with van der Waals surface area (Å²) >= 11 is 0. The fourth-order valence-corrected chi connectivity index (χ4v) is 4.06. The van der Waals surface area contributed by atoms with Crippen LogP contribution in [-0.4, -0.2) is 31.8 Å². The van der Waals surface area contributed by atoms with Crippen LogP contribution in [0.3, 0.4) is 0 Å². The van der Waals surface area contributed by atoms with Gasteiger partial charge in [0.1, 0.15) is 12.3 Å². The Morgan fingerprint density at radius 1 is 1.23 bits per heavy atom. The molecular weight excluding hydrogens is 378 g/mol. The van der Waals surface area contributed by atoms with Crippen molar-refractivity contribution in [3.8, 4) is 5.69 Å². The second kappa shape index (κ2) is 7.42. The average Bonchev–Trinajstić information content (AvgIpc) is 3.47. The molecular formula is C23H23N5O2. The van der Waals surface area contributed by atoms with Crippen LogP contribution in [-0.2, 0) is 31.4 Å². The Kier molecular flexibility index (Phi) is 4.59. The molecule has 3 aromatic heterocycles. The third-order valence-electron chi connectivity index (χ3n) is 5.81. The lowest BCUT2D eigenvalue weighted by Crippen LogP contribution is -2.17. The minimum atomic E-state index is -0.211. The number of pyridine rings is 1. The first-order valence-corrected chi connectivity index (χ1v) is 10.0. The van der Waals surface area contributed by atoms with Crippen molar-refractivity contribution < 1.29 is 9.53 Å². The van der Waals surface area contributed by atoms with Gasteiger partial charge in [0.2, 0.25) is 0 Å². The largest absolute Gasteiger partial charge is 0.457 e. The van der Waals surface area contributed by atoms with Crippen LogP contribution in [0.15, 0.2) is 49.1 Å². The topological polar surface area (TPSA) is 74.0 Å². The first-order chi connectivity index (χ1) is 14.6. The van der Waals surface area contributed by atoms with Crippen LogP contribution in [0, 0.1) is 6.92 Å². The maximum absolute atomic E-state index is 11.7. The number of aromatic nitrogens is 4. The molecule has 0 bridgehead atoms. The Bertz CT molecular complexity index is 1250. The van der Waals surface area contributed by atoms with E-state index < -0.39 is 0 Å². The monoisotopic (exact) mass is 401 g/mol. The maximum atomic E-state index is 11.7. The first-order valence-electron chi connectivity index (χ1n) is 10.0. The molecule has 5 rings (SSSR count). The summed E-state index contributed by atoms with van der Waals surface area (Å²) in [6.07, 6.45) is 8.67. The smallest absolute Gasteiger partial charge is 0.338 e. The minimum absolute atomic E-state index is 0.211. The number of ether oxygens (including phenoxy) is 1. The van der Waals surface area contributed by atoms with Crippen molar-refractivity contribution >= 4 is 17.0 Å². The predicted octanol–water partition coefficient (Wildman–Crippen LogP) is 3.07. The Labute approximate surface area is 174 Å². The molecule has 0 saturated carbocycles. The zero-order valence-corrected chi connectivity index (χ0v) is 17.1. The van der Waals surface area contributed by atoms with Crippen molar-refractivity contribution in [1.82, 2.24) is 24.6 Å². The fourth-order valence-electron chi connectivity index (χ4n) is 4.06. The first kappa shape index (κ1) is 18.6. The van der Waals surface area contributed by atoms with Gasteiger partial charge in [-0.15, -0.1) is 0 Å². The van der Waals surface area contributed by atoms with E-state index >= 15 is 0 Å². The van der Waals surface area contributed by atoms with Crippen molar-refractivity contribution in [2.75, 3.05) is 6.54 Å². The third-order valence-corrected chi connectivity index (χ3v) is 5.81. The van der Waals surface area contributed by atoms with Gasteiger partial charge in [0.25, 0.3) is 0 Å². The zero-order valence-electron chi connectivity index (χ0n) is 17.1. The molecule has 7 nitrogen and oxygen atoms in total. The molecule has 152 valence electrons. The Morgan fingerprint density at radius 3 is 3.03 bits per heavy atom. The summed E-state index contributed by atoms with van der Waals surface area (Å²) in [6.45, 7) is 4.05. The number of fused-ring (bicyclic) bond motifs is 2. The van der Waals surface area contributed by atoms with Crippen LogP contribution in [0.25, 0.3) is 16.7 Å². The van der Waals surface area contributed by atoms with E-state index in [9.17, 15) is 4.79 Å². The van der Waals surface area contributed by atoms with Crippen molar-refractivity contribution in [2.45, 2.75) is 26.5 Å². The molecule has 0 aliphatic carbocycles. The Morgan fingerprint density at radius 2 is 2.13 bits per heavy atom. The number of carbonyl (C=O) groups is 1. The van der Waals surface area contributed by atoms with Gasteiger partial charge < -0.3 is 14.6 Å². The van der Waals surface area contributed by atoms with Crippen LogP contribution in [0.5, 0.6) is 0 Å². The highest BCUT2D eigenvalue weighted by molar-refractivity contribution is 5.94. The minimum Gasteiger partial charge on any atom is -0.457 e. The number of hydrogen-bond acceptors (Lipinski definition) is 5. The van der Waals surface area contributed by atoms with Crippen LogP contribution < -0.4 is 5.32 Å².